The van der Waals surface area contributed by atoms with Gasteiger partial charge in [-0.15, -0.1) is 0 Å². The Morgan fingerprint density at radius 2 is 1.82 bits per heavy atom. The monoisotopic (exact) mass is 460 g/mol. The molecule has 0 aromatic heterocycles. The Labute approximate surface area is 199 Å². The van der Waals surface area contributed by atoms with Crippen molar-refractivity contribution >= 4 is 5.97 Å². The zero-order valence-corrected chi connectivity index (χ0v) is 19.3. The minimum atomic E-state index is -0.747. The van der Waals surface area contributed by atoms with Gasteiger partial charge >= 0.3 is 5.97 Å². The molecule has 34 heavy (non-hydrogen) atoms. The van der Waals surface area contributed by atoms with Gasteiger partial charge in [-0.05, 0) is 90.5 Å². The smallest absolute Gasteiger partial charge is 0.303 e. The molecule has 1 heterocycles. The van der Waals surface area contributed by atoms with E-state index in [-0.39, 0.29) is 30.0 Å². The molecule has 5 heteroatoms. The van der Waals surface area contributed by atoms with Crippen LogP contribution >= 0.6 is 0 Å². The molecular formula is C29H29FO4. The van der Waals surface area contributed by atoms with Crippen LogP contribution in [0.15, 0.2) is 60.7 Å². The second-order valence-corrected chi connectivity index (χ2v) is 9.25. The van der Waals surface area contributed by atoms with Crippen molar-refractivity contribution in [3.05, 3.63) is 83.2 Å². The third-order valence-corrected chi connectivity index (χ3v) is 6.90. The zero-order valence-electron chi connectivity index (χ0n) is 19.3. The van der Waals surface area contributed by atoms with Gasteiger partial charge in [-0.1, -0.05) is 42.5 Å². The quantitative estimate of drug-likeness (QED) is 0.396. The van der Waals surface area contributed by atoms with Gasteiger partial charge in [0.05, 0.1) is 13.0 Å². The normalized spacial score (nSPS) is 18.0. The minimum absolute atomic E-state index is 0.0529. The van der Waals surface area contributed by atoms with Gasteiger partial charge in [-0.25, -0.2) is 4.39 Å². The van der Waals surface area contributed by atoms with Crippen LogP contribution in [0.25, 0.3) is 11.1 Å². The second kappa shape index (κ2) is 9.49. The van der Waals surface area contributed by atoms with Crippen LogP contribution in [0.2, 0.25) is 0 Å². The van der Waals surface area contributed by atoms with E-state index < -0.39 is 5.97 Å². The molecule has 3 aromatic carbocycles. The fraction of sp³-hybridized carbons (Fsp3) is 0.345. The summed E-state index contributed by atoms with van der Waals surface area (Å²) in [5, 5.41) is 9.35. The van der Waals surface area contributed by atoms with Crippen LogP contribution in [0.3, 0.4) is 0 Å². The maximum atomic E-state index is 13.9. The molecule has 1 aliphatic carbocycles. The molecule has 1 N–H and O–H groups in total. The van der Waals surface area contributed by atoms with Crippen molar-refractivity contribution in [1.82, 2.24) is 0 Å². The molecule has 1 fully saturated rings. The largest absolute Gasteiger partial charge is 0.491 e. The summed E-state index contributed by atoms with van der Waals surface area (Å²) in [5.74, 6) is 0.554. The average Bonchev–Trinajstić information content (AvgIpc) is 3.69. The van der Waals surface area contributed by atoms with Crippen LogP contribution in [0.1, 0.15) is 61.3 Å². The number of carboxylic acids is 1. The molecule has 5 rings (SSSR count). The highest BCUT2D eigenvalue weighted by Crippen LogP contribution is 2.46. The van der Waals surface area contributed by atoms with Crippen molar-refractivity contribution in [3.63, 3.8) is 0 Å². The highest BCUT2D eigenvalue weighted by molar-refractivity contribution is 5.68. The van der Waals surface area contributed by atoms with Crippen LogP contribution < -0.4 is 9.47 Å². The van der Waals surface area contributed by atoms with Crippen molar-refractivity contribution in [1.29, 1.82) is 0 Å². The third-order valence-electron chi connectivity index (χ3n) is 6.90. The Balaban J connectivity index is 1.34. The fourth-order valence-corrected chi connectivity index (χ4v) is 4.93. The first-order chi connectivity index (χ1) is 16.5. The number of rotatable bonds is 8. The molecule has 0 radical (unpaired) electrons. The number of aryl methyl sites for hydroxylation is 1. The number of carboxylic acid groups (broad SMARTS) is 1. The fourth-order valence-electron chi connectivity index (χ4n) is 4.93. The van der Waals surface area contributed by atoms with Crippen molar-refractivity contribution in [3.8, 4) is 22.6 Å². The van der Waals surface area contributed by atoms with Crippen molar-refractivity contribution in [2.24, 2.45) is 5.92 Å². The summed E-state index contributed by atoms with van der Waals surface area (Å²) in [7, 11) is 0. The lowest BCUT2D eigenvalue weighted by molar-refractivity contribution is -0.137. The van der Waals surface area contributed by atoms with Crippen LogP contribution in [-0.2, 0) is 11.2 Å². The number of fused-ring (bicyclic) bond motifs is 1. The molecule has 1 aliphatic heterocycles. The first-order valence-electron chi connectivity index (χ1n) is 12.1. The number of carbonyl (C=O) groups is 1. The van der Waals surface area contributed by atoms with Crippen LogP contribution in [0.5, 0.6) is 11.5 Å². The Morgan fingerprint density at radius 3 is 2.53 bits per heavy atom. The predicted octanol–water partition coefficient (Wildman–Crippen LogP) is 6.93. The first-order valence-corrected chi connectivity index (χ1v) is 12.1. The van der Waals surface area contributed by atoms with E-state index in [0.29, 0.717) is 12.5 Å². The number of hydrogen-bond donors (Lipinski definition) is 1. The van der Waals surface area contributed by atoms with Crippen molar-refractivity contribution in [2.45, 2.75) is 51.0 Å². The summed E-state index contributed by atoms with van der Waals surface area (Å²) >= 11 is 0. The Morgan fingerprint density at radius 1 is 1.06 bits per heavy atom. The number of hydrogen-bond acceptors (Lipinski definition) is 3. The SMILES string of the molecule is CCOc1cc(-c2ccc(C3CCc4ccc([C@@H](CC(=O)O)C5CC5)cc4O3)cc2)ccc1F. The molecule has 2 atom stereocenters. The molecule has 0 saturated heterocycles. The maximum absolute atomic E-state index is 13.9. The third kappa shape index (κ3) is 4.79. The maximum Gasteiger partial charge on any atom is 0.303 e. The van der Waals surface area contributed by atoms with Crippen molar-refractivity contribution < 1.29 is 23.8 Å². The van der Waals surface area contributed by atoms with Gasteiger partial charge in [0, 0.05) is 0 Å². The number of aliphatic carboxylic acids is 1. The molecule has 1 saturated carbocycles. The van der Waals surface area contributed by atoms with Gasteiger partial charge in [0.2, 0.25) is 0 Å². The summed E-state index contributed by atoms with van der Waals surface area (Å²) in [6.45, 7) is 2.25. The highest BCUT2D eigenvalue weighted by atomic mass is 19.1. The number of benzene rings is 3. The summed E-state index contributed by atoms with van der Waals surface area (Å²) in [6.07, 6.45) is 4.13. The van der Waals surface area contributed by atoms with Crippen LogP contribution in [-0.4, -0.2) is 17.7 Å². The van der Waals surface area contributed by atoms with E-state index in [0.717, 1.165) is 53.7 Å². The van der Waals surface area contributed by atoms with Gasteiger partial charge in [-0.2, -0.15) is 0 Å². The van der Waals surface area contributed by atoms with E-state index in [2.05, 4.69) is 30.3 Å². The molecule has 0 spiro atoms. The van der Waals surface area contributed by atoms with E-state index >= 15 is 0 Å². The second-order valence-electron chi connectivity index (χ2n) is 9.25. The standard InChI is InChI=1S/C29H29FO4/c1-2-33-28-15-22(11-13-25(28)30)18-3-7-20(8-4-18)26-14-12-21-9-10-23(16-27(21)34-26)24(17-29(31)32)19-5-6-19/h3-4,7-11,13,15-16,19,24,26H,2,5-6,12,14,17H2,1H3,(H,31,32)/t24-,26?/m0/s1. The summed E-state index contributed by atoms with van der Waals surface area (Å²) in [5.41, 5.74) is 5.23. The molecule has 3 aromatic rings. The zero-order chi connectivity index (χ0) is 23.7. The van der Waals surface area contributed by atoms with Crippen LogP contribution in [0, 0.1) is 11.7 Å². The van der Waals surface area contributed by atoms with Crippen molar-refractivity contribution in [2.75, 3.05) is 6.61 Å². The average molecular weight is 461 g/mol. The lowest BCUT2D eigenvalue weighted by Gasteiger charge is -2.28. The predicted molar refractivity (Wildman–Crippen MR) is 129 cm³/mol. The lowest BCUT2D eigenvalue weighted by Crippen LogP contribution is -2.16. The van der Waals surface area contributed by atoms with Gasteiger partial charge in [-0.3, -0.25) is 4.79 Å². The number of halogens is 1. The van der Waals surface area contributed by atoms with E-state index in [1.807, 2.05) is 19.1 Å². The van der Waals surface area contributed by atoms with Crippen LogP contribution in [0.4, 0.5) is 4.39 Å². The van der Waals surface area contributed by atoms with Gasteiger partial charge in [0.15, 0.2) is 11.6 Å². The molecule has 2 aliphatic rings. The molecule has 176 valence electrons. The molecular weight excluding hydrogens is 431 g/mol. The number of ether oxygens (including phenoxy) is 2. The lowest BCUT2D eigenvalue weighted by atomic mass is 9.88. The van der Waals surface area contributed by atoms with Gasteiger partial charge < -0.3 is 14.6 Å². The van der Waals surface area contributed by atoms with E-state index in [1.54, 1.807) is 12.1 Å². The first kappa shape index (κ1) is 22.5. The van der Waals surface area contributed by atoms with E-state index in [1.165, 1.54) is 11.6 Å². The van der Waals surface area contributed by atoms with E-state index in [4.69, 9.17) is 9.47 Å². The molecule has 0 amide bonds. The Bertz CT molecular complexity index is 1180. The van der Waals surface area contributed by atoms with E-state index in [9.17, 15) is 14.3 Å². The molecule has 1 unspecified atom stereocenters. The minimum Gasteiger partial charge on any atom is -0.491 e. The summed E-state index contributed by atoms with van der Waals surface area (Å²) < 4.78 is 25.7. The highest BCUT2D eigenvalue weighted by Gasteiger charge is 2.34. The Hall–Kier alpha value is -3.34. The molecule has 4 nitrogen and oxygen atoms in total. The van der Waals surface area contributed by atoms with Gasteiger partial charge in [0.1, 0.15) is 11.9 Å². The topological polar surface area (TPSA) is 55.8 Å². The van der Waals surface area contributed by atoms with Gasteiger partial charge in [0.25, 0.3) is 0 Å². The Kier molecular flexibility index (Phi) is 6.27. The summed E-state index contributed by atoms with van der Waals surface area (Å²) in [6, 6.07) is 19.4. The molecule has 0 bridgehead atoms. The summed E-state index contributed by atoms with van der Waals surface area (Å²) in [4.78, 5) is 11.4.